The molecule has 4 nitrogen and oxygen atoms in total. The van der Waals surface area contributed by atoms with Gasteiger partial charge in [-0.1, -0.05) is 0 Å². The summed E-state index contributed by atoms with van der Waals surface area (Å²) < 4.78 is 1.10. The maximum absolute atomic E-state index is 8.95. The second-order valence-corrected chi connectivity index (χ2v) is 5.75. The van der Waals surface area contributed by atoms with E-state index in [1.807, 2.05) is 18.0 Å². The van der Waals surface area contributed by atoms with Gasteiger partial charge in [0.15, 0.2) is 11.5 Å². The Morgan fingerprint density at radius 1 is 1.47 bits per heavy atom. The van der Waals surface area contributed by atoms with Gasteiger partial charge >= 0.3 is 0 Å². The molecular formula is C11H9BrN4S. The van der Waals surface area contributed by atoms with Crippen molar-refractivity contribution in [2.75, 3.05) is 11.9 Å². The van der Waals surface area contributed by atoms with E-state index in [0.29, 0.717) is 18.1 Å². The number of nitriles is 1. The zero-order chi connectivity index (χ0) is 12.3. The largest absolute Gasteiger partial charge is 0.353 e. The number of aromatic nitrogens is 2. The molecule has 0 aliphatic heterocycles. The van der Waals surface area contributed by atoms with E-state index in [9.17, 15) is 0 Å². The standard InChI is InChI=1S/C11H9BrN4S/c1-16(6-8-4-10(12)17-7-8)11-9(5-13)14-2-3-15-11/h2-4,7H,6H2,1H3. The van der Waals surface area contributed by atoms with E-state index >= 15 is 0 Å². The first-order chi connectivity index (χ1) is 8.20. The molecule has 6 heteroatoms. The first-order valence-electron chi connectivity index (χ1n) is 4.86. The lowest BCUT2D eigenvalue weighted by molar-refractivity contribution is 0.888. The Morgan fingerprint density at radius 3 is 2.88 bits per heavy atom. The van der Waals surface area contributed by atoms with E-state index in [1.54, 1.807) is 17.5 Å². The monoisotopic (exact) mass is 308 g/mol. The van der Waals surface area contributed by atoms with E-state index in [1.165, 1.54) is 11.8 Å². The van der Waals surface area contributed by atoms with Crippen LogP contribution in [0.3, 0.4) is 0 Å². The lowest BCUT2D eigenvalue weighted by Gasteiger charge is -2.17. The molecular weight excluding hydrogens is 300 g/mol. The molecule has 0 spiro atoms. The summed E-state index contributed by atoms with van der Waals surface area (Å²) in [6.45, 7) is 0.704. The van der Waals surface area contributed by atoms with Gasteiger partial charge in [-0.25, -0.2) is 9.97 Å². The minimum atomic E-state index is 0.351. The van der Waals surface area contributed by atoms with Crippen molar-refractivity contribution in [1.29, 1.82) is 5.26 Å². The van der Waals surface area contributed by atoms with Gasteiger partial charge in [-0.2, -0.15) is 5.26 Å². The summed E-state index contributed by atoms with van der Waals surface area (Å²) >= 11 is 5.07. The highest BCUT2D eigenvalue weighted by Crippen LogP contribution is 2.23. The van der Waals surface area contributed by atoms with Crippen molar-refractivity contribution in [3.05, 3.63) is 38.9 Å². The molecule has 0 bridgehead atoms. The van der Waals surface area contributed by atoms with Crippen LogP contribution in [0.2, 0.25) is 0 Å². The SMILES string of the molecule is CN(Cc1csc(Br)c1)c1nccnc1C#N. The van der Waals surface area contributed by atoms with Gasteiger partial charge in [-0.05, 0) is 32.9 Å². The third-order valence-electron chi connectivity index (χ3n) is 2.19. The molecule has 86 valence electrons. The molecule has 0 saturated heterocycles. The molecule has 0 aromatic carbocycles. The van der Waals surface area contributed by atoms with Crippen LogP contribution >= 0.6 is 27.3 Å². The topological polar surface area (TPSA) is 52.8 Å². The molecule has 2 aromatic heterocycles. The molecule has 0 atom stereocenters. The molecule has 0 radical (unpaired) electrons. The Hall–Kier alpha value is -1.45. The minimum absolute atomic E-state index is 0.351. The van der Waals surface area contributed by atoms with E-state index in [4.69, 9.17) is 5.26 Å². The Morgan fingerprint density at radius 2 is 2.24 bits per heavy atom. The molecule has 0 fully saturated rings. The summed E-state index contributed by atoms with van der Waals surface area (Å²) in [4.78, 5) is 10.1. The van der Waals surface area contributed by atoms with Crippen LogP contribution in [0.5, 0.6) is 0 Å². The zero-order valence-corrected chi connectivity index (χ0v) is 11.5. The molecule has 2 heterocycles. The fourth-order valence-electron chi connectivity index (χ4n) is 1.47. The zero-order valence-electron chi connectivity index (χ0n) is 9.09. The predicted molar refractivity (Wildman–Crippen MR) is 70.9 cm³/mol. The minimum Gasteiger partial charge on any atom is -0.353 e. The quantitative estimate of drug-likeness (QED) is 0.875. The van der Waals surface area contributed by atoms with Crippen LogP contribution in [-0.2, 0) is 6.54 Å². The average molecular weight is 309 g/mol. The number of hydrogen-bond donors (Lipinski definition) is 0. The van der Waals surface area contributed by atoms with Gasteiger partial charge in [0, 0.05) is 26.0 Å². The van der Waals surface area contributed by atoms with Gasteiger partial charge in [0.1, 0.15) is 6.07 Å². The second-order valence-electron chi connectivity index (χ2n) is 3.46. The molecule has 0 N–H and O–H groups in total. The Kier molecular flexibility index (Phi) is 3.71. The summed E-state index contributed by atoms with van der Waals surface area (Å²) in [6, 6.07) is 4.10. The highest BCUT2D eigenvalue weighted by atomic mass is 79.9. The van der Waals surface area contributed by atoms with Gasteiger partial charge in [0.05, 0.1) is 3.79 Å². The van der Waals surface area contributed by atoms with E-state index in [0.717, 1.165) is 3.79 Å². The van der Waals surface area contributed by atoms with Crippen molar-refractivity contribution in [1.82, 2.24) is 9.97 Å². The molecule has 0 amide bonds. The molecule has 0 aliphatic carbocycles. The van der Waals surface area contributed by atoms with Crippen LogP contribution in [-0.4, -0.2) is 17.0 Å². The lowest BCUT2D eigenvalue weighted by Crippen LogP contribution is -2.19. The molecule has 17 heavy (non-hydrogen) atoms. The maximum Gasteiger partial charge on any atom is 0.183 e. The Balaban J connectivity index is 2.20. The number of thiophene rings is 1. The number of rotatable bonds is 3. The van der Waals surface area contributed by atoms with Crippen LogP contribution in [0.15, 0.2) is 27.6 Å². The van der Waals surface area contributed by atoms with Gasteiger partial charge < -0.3 is 4.90 Å². The van der Waals surface area contributed by atoms with Gasteiger partial charge in [-0.3, -0.25) is 0 Å². The Labute approximate surface area is 112 Å². The van der Waals surface area contributed by atoms with Crippen molar-refractivity contribution in [3.63, 3.8) is 0 Å². The molecule has 2 rings (SSSR count). The molecule has 0 aliphatic rings. The van der Waals surface area contributed by atoms with E-state index in [2.05, 4.69) is 37.3 Å². The molecule has 0 saturated carbocycles. The maximum atomic E-state index is 8.95. The highest BCUT2D eigenvalue weighted by Gasteiger charge is 2.10. The fraction of sp³-hybridized carbons (Fsp3) is 0.182. The normalized spacial score (nSPS) is 9.94. The van der Waals surface area contributed by atoms with Crippen LogP contribution in [0.1, 0.15) is 11.3 Å². The van der Waals surface area contributed by atoms with Crippen molar-refractivity contribution in [3.8, 4) is 6.07 Å². The summed E-state index contributed by atoms with van der Waals surface area (Å²) in [7, 11) is 1.90. The molecule has 2 aromatic rings. The third kappa shape index (κ3) is 2.81. The van der Waals surface area contributed by atoms with Crippen molar-refractivity contribution in [2.24, 2.45) is 0 Å². The summed E-state index contributed by atoms with van der Waals surface area (Å²) in [5.41, 5.74) is 1.53. The second kappa shape index (κ2) is 5.25. The summed E-state index contributed by atoms with van der Waals surface area (Å²) in [5, 5.41) is 11.0. The number of halogens is 1. The lowest BCUT2D eigenvalue weighted by atomic mass is 10.3. The van der Waals surface area contributed by atoms with Crippen molar-refractivity contribution < 1.29 is 0 Å². The van der Waals surface area contributed by atoms with Crippen molar-refractivity contribution >= 4 is 33.1 Å². The average Bonchev–Trinajstić information content (AvgIpc) is 2.74. The smallest absolute Gasteiger partial charge is 0.183 e. The summed E-state index contributed by atoms with van der Waals surface area (Å²) in [6.07, 6.45) is 3.12. The predicted octanol–water partition coefficient (Wildman–Crippen LogP) is 2.81. The van der Waals surface area contributed by atoms with Crippen LogP contribution < -0.4 is 4.90 Å². The first kappa shape index (κ1) is 12.0. The number of nitrogens with zero attached hydrogens (tertiary/aromatic N) is 4. The molecule has 0 unspecified atom stereocenters. The summed E-state index contributed by atoms with van der Waals surface area (Å²) in [5.74, 6) is 0.609. The van der Waals surface area contributed by atoms with E-state index < -0.39 is 0 Å². The van der Waals surface area contributed by atoms with Crippen molar-refractivity contribution in [2.45, 2.75) is 6.54 Å². The highest BCUT2D eigenvalue weighted by molar-refractivity contribution is 9.11. The van der Waals surface area contributed by atoms with Crippen LogP contribution in [0, 0.1) is 11.3 Å². The van der Waals surface area contributed by atoms with Crippen LogP contribution in [0.25, 0.3) is 0 Å². The van der Waals surface area contributed by atoms with Crippen LogP contribution in [0.4, 0.5) is 5.82 Å². The van der Waals surface area contributed by atoms with Gasteiger partial charge in [0.2, 0.25) is 0 Å². The van der Waals surface area contributed by atoms with Gasteiger partial charge in [0.25, 0.3) is 0 Å². The van der Waals surface area contributed by atoms with Gasteiger partial charge in [-0.15, -0.1) is 11.3 Å². The fourth-order valence-corrected chi connectivity index (χ4v) is 2.67. The number of anilines is 1. The third-order valence-corrected chi connectivity index (χ3v) is 3.74. The first-order valence-corrected chi connectivity index (χ1v) is 6.53. The van der Waals surface area contributed by atoms with E-state index in [-0.39, 0.29) is 0 Å². The number of hydrogen-bond acceptors (Lipinski definition) is 5. The Bertz CT molecular complexity index is 561.